The molecular weight excluding hydrogens is 209 g/mol. The van der Waals surface area contributed by atoms with Gasteiger partial charge in [0.15, 0.2) is 5.78 Å². The quantitative estimate of drug-likeness (QED) is 0.462. The van der Waals surface area contributed by atoms with E-state index in [4.69, 9.17) is 11.2 Å². The topological polar surface area (TPSA) is 38.3 Å². The number of ketones is 1. The van der Waals surface area contributed by atoms with Gasteiger partial charge in [-0.15, -0.1) is 6.42 Å². The Hall–Kier alpha value is -1.86. The molecule has 0 aliphatic heterocycles. The molecule has 0 aliphatic rings. The van der Waals surface area contributed by atoms with Gasteiger partial charge in [-0.3, -0.25) is 10.1 Å². The lowest BCUT2D eigenvalue weighted by atomic mass is 10.1. The van der Waals surface area contributed by atoms with E-state index in [0.29, 0.717) is 5.75 Å². The second-order valence-corrected chi connectivity index (χ2v) is 3.08. The van der Waals surface area contributed by atoms with Crippen LogP contribution in [0, 0.1) is 18.2 Å². The number of nitrogens with one attached hydrogen (secondary N) is 1. The van der Waals surface area contributed by atoms with Crippen molar-refractivity contribution in [2.75, 3.05) is 20.2 Å². The van der Waals surface area contributed by atoms with Crippen LogP contribution in [0.3, 0.4) is 0 Å². The highest BCUT2D eigenvalue weighted by Crippen LogP contribution is 2.16. The monoisotopic (exact) mass is 221 g/mol. The summed E-state index contributed by atoms with van der Waals surface area (Å²) in [4.78, 5) is 11.5. The molecule has 1 N–H and O–H groups in total. The van der Waals surface area contributed by atoms with Gasteiger partial charge in [-0.1, -0.05) is 5.92 Å². The van der Waals surface area contributed by atoms with Crippen LogP contribution < -0.4 is 10.1 Å². The highest BCUT2D eigenvalue weighted by Gasteiger charge is 2.11. The van der Waals surface area contributed by atoms with E-state index in [1.165, 1.54) is 25.3 Å². The van der Waals surface area contributed by atoms with Crippen molar-refractivity contribution in [3.8, 4) is 18.1 Å². The van der Waals surface area contributed by atoms with Crippen LogP contribution in [0.5, 0.6) is 5.75 Å². The Morgan fingerprint density at radius 2 is 2.38 bits per heavy atom. The molecule has 3 nitrogen and oxygen atoms in total. The van der Waals surface area contributed by atoms with Crippen molar-refractivity contribution in [1.29, 1.82) is 0 Å². The maximum atomic E-state index is 13.4. The van der Waals surface area contributed by atoms with Crippen molar-refractivity contribution in [2.45, 2.75) is 0 Å². The molecule has 0 spiro atoms. The number of Topliss-reactive ketones (excluding diaryl/α,β-unsaturated/α-hetero) is 1. The van der Waals surface area contributed by atoms with Gasteiger partial charge in [-0.05, 0) is 12.1 Å². The first-order valence-electron chi connectivity index (χ1n) is 4.70. The number of carbonyl (C=O) groups is 1. The second-order valence-electron chi connectivity index (χ2n) is 3.08. The van der Waals surface area contributed by atoms with Crippen LogP contribution in [0.1, 0.15) is 10.4 Å². The van der Waals surface area contributed by atoms with Crippen molar-refractivity contribution < 1.29 is 13.9 Å². The summed E-state index contributed by atoms with van der Waals surface area (Å²) in [6, 6.07) is 4.11. The van der Waals surface area contributed by atoms with Gasteiger partial charge >= 0.3 is 0 Å². The molecule has 84 valence electrons. The molecule has 0 amide bonds. The second kappa shape index (κ2) is 5.89. The summed E-state index contributed by atoms with van der Waals surface area (Å²) in [6.07, 6.45) is 5.01. The van der Waals surface area contributed by atoms with Crippen LogP contribution in [-0.2, 0) is 0 Å². The van der Waals surface area contributed by atoms with Gasteiger partial charge in [-0.25, -0.2) is 4.39 Å². The molecule has 1 aromatic rings. The number of ether oxygens (including phenoxy) is 1. The summed E-state index contributed by atoms with van der Waals surface area (Å²) in [5.41, 5.74) is 0.0327. The van der Waals surface area contributed by atoms with Crippen LogP contribution in [-0.4, -0.2) is 26.0 Å². The molecule has 1 rings (SSSR count). The summed E-state index contributed by atoms with van der Waals surface area (Å²) in [7, 11) is 1.44. The Morgan fingerprint density at radius 1 is 1.62 bits per heavy atom. The van der Waals surface area contributed by atoms with Crippen LogP contribution in [0.2, 0.25) is 0 Å². The number of halogens is 1. The third-order valence-electron chi connectivity index (χ3n) is 1.99. The first-order valence-corrected chi connectivity index (χ1v) is 4.70. The van der Waals surface area contributed by atoms with Crippen LogP contribution in [0.4, 0.5) is 4.39 Å². The zero-order valence-electron chi connectivity index (χ0n) is 8.92. The number of hydrogen-bond acceptors (Lipinski definition) is 3. The molecule has 0 unspecified atom stereocenters. The maximum absolute atomic E-state index is 13.4. The average Bonchev–Trinajstić information content (AvgIpc) is 2.29. The highest BCUT2D eigenvalue weighted by atomic mass is 19.1. The lowest BCUT2D eigenvalue weighted by Crippen LogP contribution is -2.23. The Labute approximate surface area is 93.6 Å². The van der Waals surface area contributed by atoms with Crippen molar-refractivity contribution >= 4 is 5.78 Å². The largest absolute Gasteiger partial charge is 0.497 e. The number of hydrogen-bond donors (Lipinski definition) is 1. The van der Waals surface area contributed by atoms with Gasteiger partial charge in [0, 0.05) is 6.07 Å². The predicted octanol–water partition coefficient (Wildman–Crippen LogP) is 1.24. The fourth-order valence-corrected chi connectivity index (χ4v) is 1.19. The number of terminal acetylenes is 1. The third kappa shape index (κ3) is 3.07. The first kappa shape index (κ1) is 12.2. The average molecular weight is 221 g/mol. The Kier molecular flexibility index (Phi) is 4.49. The van der Waals surface area contributed by atoms with E-state index in [9.17, 15) is 9.18 Å². The summed E-state index contributed by atoms with van der Waals surface area (Å²) in [5.74, 6) is 1.78. The summed E-state index contributed by atoms with van der Waals surface area (Å²) >= 11 is 0. The molecule has 0 atom stereocenters. The first-order chi connectivity index (χ1) is 7.69. The van der Waals surface area contributed by atoms with E-state index in [1.54, 1.807) is 0 Å². The fraction of sp³-hybridized carbons (Fsp3) is 0.250. The maximum Gasteiger partial charge on any atom is 0.179 e. The van der Waals surface area contributed by atoms with Crippen molar-refractivity contribution in [3.05, 3.63) is 29.6 Å². The lowest BCUT2D eigenvalue weighted by Gasteiger charge is -2.05. The SMILES string of the molecule is C#CCNCC(=O)c1ccc(OC)cc1F. The minimum atomic E-state index is -0.591. The molecule has 0 saturated carbocycles. The molecule has 0 saturated heterocycles. The Bertz CT molecular complexity index is 424. The number of methoxy groups -OCH3 is 1. The normalized spacial score (nSPS) is 9.56. The van der Waals surface area contributed by atoms with Crippen molar-refractivity contribution in [1.82, 2.24) is 5.32 Å². The highest BCUT2D eigenvalue weighted by molar-refractivity contribution is 5.98. The van der Waals surface area contributed by atoms with Crippen LogP contribution in [0.15, 0.2) is 18.2 Å². The van der Waals surface area contributed by atoms with Crippen LogP contribution in [0.25, 0.3) is 0 Å². The molecule has 0 fully saturated rings. The summed E-state index contributed by atoms with van der Waals surface area (Å²) < 4.78 is 18.3. The molecule has 4 heteroatoms. The van der Waals surface area contributed by atoms with E-state index in [2.05, 4.69) is 11.2 Å². The number of rotatable bonds is 5. The smallest absolute Gasteiger partial charge is 0.179 e. The Morgan fingerprint density at radius 3 is 2.94 bits per heavy atom. The van der Waals surface area contributed by atoms with Gasteiger partial charge in [0.2, 0.25) is 0 Å². The fourth-order valence-electron chi connectivity index (χ4n) is 1.19. The zero-order chi connectivity index (χ0) is 12.0. The van der Waals surface area contributed by atoms with E-state index >= 15 is 0 Å². The minimum Gasteiger partial charge on any atom is -0.497 e. The van der Waals surface area contributed by atoms with Gasteiger partial charge in [0.1, 0.15) is 11.6 Å². The number of carbonyl (C=O) groups excluding carboxylic acids is 1. The summed E-state index contributed by atoms with van der Waals surface area (Å²) in [5, 5.41) is 2.71. The molecule has 0 aromatic heterocycles. The molecule has 0 heterocycles. The van der Waals surface area contributed by atoms with Crippen molar-refractivity contribution in [3.63, 3.8) is 0 Å². The van der Waals surface area contributed by atoms with E-state index in [-0.39, 0.29) is 24.4 Å². The van der Waals surface area contributed by atoms with E-state index in [1.807, 2.05) is 0 Å². The van der Waals surface area contributed by atoms with Gasteiger partial charge in [-0.2, -0.15) is 0 Å². The van der Waals surface area contributed by atoms with Gasteiger partial charge in [0.05, 0.1) is 25.8 Å². The Balaban J connectivity index is 2.73. The van der Waals surface area contributed by atoms with Crippen molar-refractivity contribution in [2.24, 2.45) is 0 Å². The standard InChI is InChI=1S/C12H12FNO2/c1-3-6-14-8-12(15)10-5-4-9(16-2)7-11(10)13/h1,4-5,7,14H,6,8H2,2H3. The minimum absolute atomic E-state index is 0.0213. The van der Waals surface area contributed by atoms with Gasteiger partial charge < -0.3 is 4.74 Å². The van der Waals surface area contributed by atoms with E-state index in [0.717, 1.165) is 0 Å². The zero-order valence-corrected chi connectivity index (χ0v) is 8.92. The molecule has 0 bridgehead atoms. The molecule has 16 heavy (non-hydrogen) atoms. The predicted molar refractivity (Wildman–Crippen MR) is 59.0 cm³/mol. The van der Waals surface area contributed by atoms with Crippen LogP contribution >= 0.6 is 0 Å². The molecule has 1 aromatic carbocycles. The van der Waals surface area contributed by atoms with Gasteiger partial charge in [0.25, 0.3) is 0 Å². The number of benzene rings is 1. The molecular formula is C12H12FNO2. The molecule has 0 aliphatic carbocycles. The summed E-state index contributed by atoms with van der Waals surface area (Å²) in [6.45, 7) is 0.303. The van der Waals surface area contributed by atoms with E-state index < -0.39 is 5.82 Å². The molecule has 0 radical (unpaired) electrons. The lowest BCUT2D eigenvalue weighted by molar-refractivity contribution is 0.0988. The third-order valence-corrected chi connectivity index (χ3v) is 1.99.